The zero-order valence-electron chi connectivity index (χ0n) is 7.91. The highest BCUT2D eigenvalue weighted by molar-refractivity contribution is 6.31. The van der Waals surface area contributed by atoms with E-state index in [1.165, 1.54) is 0 Å². The predicted molar refractivity (Wildman–Crippen MR) is 60.9 cm³/mol. The molecule has 2 aromatic rings. The van der Waals surface area contributed by atoms with Crippen LogP contribution in [0.5, 0.6) is 0 Å². The Morgan fingerprint density at radius 3 is 2.53 bits per heavy atom. The van der Waals surface area contributed by atoms with Gasteiger partial charge in [-0.15, -0.1) is 0 Å². The second kappa shape index (κ2) is 4.45. The highest BCUT2D eigenvalue weighted by Crippen LogP contribution is 2.22. The maximum Gasteiger partial charge on any atom is 0.223 e. The van der Waals surface area contributed by atoms with E-state index in [0.29, 0.717) is 11.7 Å². The van der Waals surface area contributed by atoms with Crippen molar-refractivity contribution in [1.82, 2.24) is 10.1 Å². The SMILES string of the molecule is C.Cc1nc(-c2ccc(Cl)c(C)c2)no1. The zero-order valence-corrected chi connectivity index (χ0v) is 8.67. The van der Waals surface area contributed by atoms with Gasteiger partial charge in [-0.2, -0.15) is 4.98 Å². The van der Waals surface area contributed by atoms with Crippen LogP contribution in [0.4, 0.5) is 0 Å². The molecule has 0 aliphatic rings. The smallest absolute Gasteiger partial charge is 0.223 e. The van der Waals surface area contributed by atoms with Crippen LogP contribution >= 0.6 is 11.6 Å². The van der Waals surface area contributed by atoms with Crippen LogP contribution in [0, 0.1) is 13.8 Å². The van der Waals surface area contributed by atoms with Gasteiger partial charge in [0, 0.05) is 17.5 Å². The summed E-state index contributed by atoms with van der Waals surface area (Å²) in [6.45, 7) is 3.71. The van der Waals surface area contributed by atoms with Gasteiger partial charge in [0.15, 0.2) is 0 Å². The van der Waals surface area contributed by atoms with Crippen LogP contribution in [-0.2, 0) is 0 Å². The Bertz CT molecular complexity index is 465. The fourth-order valence-electron chi connectivity index (χ4n) is 1.20. The van der Waals surface area contributed by atoms with Gasteiger partial charge in [-0.05, 0) is 30.7 Å². The molecule has 0 spiro atoms. The lowest BCUT2D eigenvalue weighted by atomic mass is 10.1. The normalized spacial score (nSPS) is 9.80. The van der Waals surface area contributed by atoms with Crippen molar-refractivity contribution in [3.8, 4) is 11.4 Å². The van der Waals surface area contributed by atoms with E-state index in [1.807, 2.05) is 25.1 Å². The monoisotopic (exact) mass is 224 g/mol. The molecular formula is C11H13ClN2O. The molecule has 1 heterocycles. The van der Waals surface area contributed by atoms with Crippen molar-refractivity contribution in [1.29, 1.82) is 0 Å². The maximum absolute atomic E-state index is 5.91. The van der Waals surface area contributed by atoms with Crippen LogP contribution in [-0.4, -0.2) is 10.1 Å². The number of hydrogen-bond donors (Lipinski definition) is 0. The predicted octanol–water partition coefficient (Wildman–Crippen LogP) is 3.64. The molecule has 0 aliphatic carbocycles. The highest BCUT2D eigenvalue weighted by atomic mass is 35.5. The minimum absolute atomic E-state index is 0. The summed E-state index contributed by atoms with van der Waals surface area (Å²) >= 11 is 5.91. The van der Waals surface area contributed by atoms with Gasteiger partial charge in [0.25, 0.3) is 0 Å². The van der Waals surface area contributed by atoms with Crippen molar-refractivity contribution < 1.29 is 4.52 Å². The summed E-state index contributed by atoms with van der Waals surface area (Å²) in [7, 11) is 0. The number of rotatable bonds is 1. The van der Waals surface area contributed by atoms with Crippen molar-refractivity contribution in [2.45, 2.75) is 21.3 Å². The first-order valence-electron chi connectivity index (χ1n) is 4.23. The van der Waals surface area contributed by atoms with E-state index in [9.17, 15) is 0 Å². The Labute approximate surface area is 94.1 Å². The molecule has 0 saturated carbocycles. The molecule has 0 fully saturated rings. The standard InChI is InChI=1S/C10H9ClN2O.CH4/c1-6-5-8(3-4-9(6)11)10-12-7(2)14-13-10;/h3-5H,1-2H3;1H4. The van der Waals surface area contributed by atoms with Gasteiger partial charge in [0.1, 0.15) is 0 Å². The Morgan fingerprint density at radius 1 is 1.27 bits per heavy atom. The van der Waals surface area contributed by atoms with Gasteiger partial charge in [-0.25, -0.2) is 0 Å². The third-order valence-corrected chi connectivity index (χ3v) is 2.37. The molecule has 2 rings (SSSR count). The van der Waals surface area contributed by atoms with Crippen molar-refractivity contribution >= 4 is 11.6 Å². The third kappa shape index (κ3) is 2.36. The largest absolute Gasteiger partial charge is 0.339 e. The van der Waals surface area contributed by atoms with Gasteiger partial charge in [0.05, 0.1) is 0 Å². The fraction of sp³-hybridized carbons (Fsp3) is 0.273. The number of aryl methyl sites for hydroxylation is 2. The minimum atomic E-state index is 0. The van der Waals surface area contributed by atoms with Crippen LogP contribution in [0.25, 0.3) is 11.4 Å². The minimum Gasteiger partial charge on any atom is -0.339 e. The Morgan fingerprint density at radius 2 is 2.00 bits per heavy atom. The highest BCUT2D eigenvalue weighted by Gasteiger charge is 2.06. The molecule has 15 heavy (non-hydrogen) atoms. The number of halogens is 1. The number of nitrogens with zero attached hydrogens (tertiary/aromatic N) is 2. The first kappa shape index (κ1) is 11.7. The molecule has 0 radical (unpaired) electrons. The molecule has 80 valence electrons. The molecule has 0 atom stereocenters. The molecule has 0 amide bonds. The number of aromatic nitrogens is 2. The van der Waals surface area contributed by atoms with E-state index in [0.717, 1.165) is 16.1 Å². The zero-order chi connectivity index (χ0) is 10.1. The van der Waals surface area contributed by atoms with E-state index in [4.69, 9.17) is 16.1 Å². The molecule has 3 nitrogen and oxygen atoms in total. The van der Waals surface area contributed by atoms with Gasteiger partial charge >= 0.3 is 0 Å². The topological polar surface area (TPSA) is 38.9 Å². The van der Waals surface area contributed by atoms with E-state index in [-0.39, 0.29) is 7.43 Å². The van der Waals surface area contributed by atoms with Crippen LogP contribution in [0.1, 0.15) is 18.9 Å². The van der Waals surface area contributed by atoms with Crippen molar-refractivity contribution in [2.75, 3.05) is 0 Å². The lowest BCUT2D eigenvalue weighted by molar-refractivity contribution is 0.394. The van der Waals surface area contributed by atoms with Crippen LogP contribution in [0.3, 0.4) is 0 Å². The van der Waals surface area contributed by atoms with E-state index in [1.54, 1.807) is 6.92 Å². The average molecular weight is 225 g/mol. The summed E-state index contributed by atoms with van der Waals surface area (Å²) in [5.41, 5.74) is 1.93. The fourth-order valence-corrected chi connectivity index (χ4v) is 1.32. The van der Waals surface area contributed by atoms with E-state index >= 15 is 0 Å². The molecule has 4 heteroatoms. The van der Waals surface area contributed by atoms with Crippen LogP contribution in [0.2, 0.25) is 5.02 Å². The molecule has 0 unspecified atom stereocenters. The summed E-state index contributed by atoms with van der Waals surface area (Å²) in [5, 5.41) is 4.57. The maximum atomic E-state index is 5.91. The summed E-state index contributed by atoms with van der Waals surface area (Å²) in [6, 6.07) is 5.64. The van der Waals surface area contributed by atoms with Gasteiger partial charge in [0.2, 0.25) is 11.7 Å². The van der Waals surface area contributed by atoms with E-state index in [2.05, 4.69) is 10.1 Å². The summed E-state index contributed by atoms with van der Waals surface area (Å²) in [4.78, 5) is 4.13. The average Bonchev–Trinajstić information content (AvgIpc) is 2.57. The second-order valence-corrected chi connectivity index (χ2v) is 3.51. The molecule has 0 saturated heterocycles. The molecular weight excluding hydrogens is 212 g/mol. The van der Waals surface area contributed by atoms with Gasteiger partial charge in [-0.1, -0.05) is 24.2 Å². The van der Waals surface area contributed by atoms with Crippen molar-refractivity contribution in [3.05, 3.63) is 34.7 Å². The first-order chi connectivity index (χ1) is 6.66. The summed E-state index contributed by atoms with van der Waals surface area (Å²) in [6.07, 6.45) is 0. The Balaban J connectivity index is 0.00000112. The van der Waals surface area contributed by atoms with E-state index < -0.39 is 0 Å². The third-order valence-electron chi connectivity index (χ3n) is 1.94. The molecule has 1 aromatic carbocycles. The van der Waals surface area contributed by atoms with Gasteiger partial charge in [-0.3, -0.25) is 0 Å². The van der Waals surface area contributed by atoms with Crippen molar-refractivity contribution in [2.24, 2.45) is 0 Å². The molecule has 0 aliphatic heterocycles. The van der Waals surface area contributed by atoms with Crippen molar-refractivity contribution in [3.63, 3.8) is 0 Å². The summed E-state index contributed by atoms with van der Waals surface area (Å²) < 4.78 is 4.89. The lowest BCUT2D eigenvalue weighted by Crippen LogP contribution is -1.82. The lowest BCUT2D eigenvalue weighted by Gasteiger charge is -1.98. The summed E-state index contributed by atoms with van der Waals surface area (Å²) in [5.74, 6) is 1.16. The second-order valence-electron chi connectivity index (χ2n) is 3.10. The molecule has 0 bridgehead atoms. The molecule has 0 N–H and O–H groups in total. The van der Waals surface area contributed by atoms with Crippen LogP contribution < -0.4 is 0 Å². The Hall–Kier alpha value is -1.35. The van der Waals surface area contributed by atoms with Crippen LogP contribution in [0.15, 0.2) is 22.7 Å². The number of benzene rings is 1. The first-order valence-corrected chi connectivity index (χ1v) is 4.61. The molecule has 1 aromatic heterocycles. The quantitative estimate of drug-likeness (QED) is 0.742. The Kier molecular flexibility index (Phi) is 3.48. The van der Waals surface area contributed by atoms with Gasteiger partial charge < -0.3 is 4.52 Å². The number of hydrogen-bond acceptors (Lipinski definition) is 3.